The third-order valence-corrected chi connectivity index (χ3v) is 4.61. The van der Waals surface area contributed by atoms with Crippen molar-refractivity contribution in [1.29, 1.82) is 0 Å². The van der Waals surface area contributed by atoms with Gasteiger partial charge in [-0.05, 0) is 36.7 Å². The molecule has 0 aliphatic carbocycles. The predicted octanol–water partition coefficient (Wildman–Crippen LogP) is 3.70. The summed E-state index contributed by atoms with van der Waals surface area (Å²) >= 11 is 1.63. The number of ketones is 1. The minimum Gasteiger partial charge on any atom is -0.465 e. The van der Waals surface area contributed by atoms with E-state index in [4.69, 9.17) is 4.74 Å². The van der Waals surface area contributed by atoms with Gasteiger partial charge in [0.05, 0.1) is 19.1 Å². The van der Waals surface area contributed by atoms with Crippen molar-refractivity contribution in [1.82, 2.24) is 5.32 Å². The zero-order valence-electron chi connectivity index (χ0n) is 17.5. The van der Waals surface area contributed by atoms with Crippen LogP contribution in [0, 0.1) is 23.7 Å². The Hall–Kier alpha value is -1.04. The van der Waals surface area contributed by atoms with Crippen LogP contribution in [0.2, 0.25) is 0 Å². The molecule has 6 heteroatoms. The predicted molar refractivity (Wildman–Crippen MR) is 108 cm³/mol. The average molecular weight is 388 g/mol. The van der Waals surface area contributed by atoms with Gasteiger partial charge in [0.2, 0.25) is 5.91 Å². The van der Waals surface area contributed by atoms with E-state index in [1.54, 1.807) is 11.8 Å². The Kier molecular flexibility index (Phi) is 12.7. The fourth-order valence-corrected chi connectivity index (χ4v) is 3.04. The van der Waals surface area contributed by atoms with Crippen LogP contribution < -0.4 is 5.32 Å². The lowest BCUT2D eigenvalue weighted by Crippen LogP contribution is -2.46. The molecular formula is C20H37NO4S. The van der Waals surface area contributed by atoms with E-state index in [2.05, 4.69) is 5.32 Å². The molecule has 0 aromatic heterocycles. The Morgan fingerprint density at radius 2 is 1.62 bits per heavy atom. The van der Waals surface area contributed by atoms with Crippen LogP contribution in [0.4, 0.5) is 0 Å². The van der Waals surface area contributed by atoms with Gasteiger partial charge in [0.15, 0.2) is 5.78 Å². The number of thioether (sulfide) groups is 1. The first-order valence-corrected chi connectivity index (χ1v) is 11.0. The summed E-state index contributed by atoms with van der Waals surface area (Å²) in [6.07, 6.45) is 3.23. The van der Waals surface area contributed by atoms with Crippen molar-refractivity contribution < 1.29 is 19.1 Å². The van der Waals surface area contributed by atoms with Crippen molar-refractivity contribution in [2.24, 2.45) is 23.7 Å². The lowest BCUT2D eigenvalue weighted by atomic mass is 9.93. The summed E-state index contributed by atoms with van der Waals surface area (Å²) in [6, 6.07) is -0.494. The van der Waals surface area contributed by atoms with E-state index in [9.17, 15) is 14.4 Å². The Labute approximate surface area is 163 Å². The molecule has 1 amide bonds. The summed E-state index contributed by atoms with van der Waals surface area (Å²) in [5.41, 5.74) is 0. The molecule has 5 nitrogen and oxygen atoms in total. The van der Waals surface area contributed by atoms with Gasteiger partial charge in [-0.25, -0.2) is 0 Å². The highest BCUT2D eigenvalue weighted by Crippen LogP contribution is 2.17. The molecule has 2 atom stereocenters. The molecule has 0 aromatic rings. The number of esters is 1. The van der Waals surface area contributed by atoms with Crippen LogP contribution in [-0.2, 0) is 19.1 Å². The molecule has 0 heterocycles. The van der Waals surface area contributed by atoms with Gasteiger partial charge in [0.1, 0.15) is 0 Å². The fraction of sp³-hybridized carbons (Fsp3) is 0.850. The maximum atomic E-state index is 12.8. The highest BCUT2D eigenvalue weighted by Gasteiger charge is 2.29. The second-order valence-electron chi connectivity index (χ2n) is 8.01. The van der Waals surface area contributed by atoms with Crippen LogP contribution >= 0.6 is 11.8 Å². The van der Waals surface area contributed by atoms with Gasteiger partial charge in [-0.15, -0.1) is 0 Å². The van der Waals surface area contributed by atoms with Gasteiger partial charge < -0.3 is 10.1 Å². The van der Waals surface area contributed by atoms with E-state index < -0.39 is 12.0 Å². The zero-order valence-corrected chi connectivity index (χ0v) is 18.3. The number of nitrogens with one attached hydrogen (secondary N) is 1. The number of Topliss-reactive ketones (excluding diaryl/α,β-unsaturated/α-hetero) is 1. The molecule has 0 aliphatic rings. The van der Waals surface area contributed by atoms with Crippen molar-refractivity contribution in [3.8, 4) is 0 Å². The number of hydrogen-bond acceptors (Lipinski definition) is 5. The number of ether oxygens (including phenoxy) is 1. The van der Waals surface area contributed by atoms with Gasteiger partial charge in [0, 0.05) is 11.8 Å². The van der Waals surface area contributed by atoms with E-state index in [1.807, 2.05) is 47.8 Å². The molecule has 0 aliphatic heterocycles. The van der Waals surface area contributed by atoms with Gasteiger partial charge in [0.25, 0.3) is 0 Å². The molecule has 0 saturated carbocycles. The number of carbonyl (C=O) groups is 3. The number of carbonyl (C=O) groups excluding carboxylic acids is 3. The summed E-state index contributed by atoms with van der Waals surface area (Å²) in [6.45, 7) is 12.0. The maximum absolute atomic E-state index is 12.8. The number of hydrogen-bond donors (Lipinski definition) is 1. The minimum atomic E-state index is -0.494. The average Bonchev–Trinajstić information content (AvgIpc) is 2.54. The molecule has 1 N–H and O–H groups in total. The Morgan fingerprint density at radius 1 is 1.00 bits per heavy atom. The first-order chi connectivity index (χ1) is 12.1. The smallest absolute Gasteiger partial charge is 0.306 e. The second-order valence-corrected chi connectivity index (χ2v) is 8.99. The SMILES string of the molecule is CSCCC(CC(=O)OCC(C)C)C(=O)NC(CC(C)C)C(=O)C(C)C. The summed E-state index contributed by atoms with van der Waals surface area (Å²) in [4.78, 5) is 37.3. The standard InChI is InChI=1S/C20H37NO4S/c1-13(2)10-17(19(23)15(5)6)21-20(24)16(8-9-26-7)11-18(22)25-12-14(3)4/h13-17H,8-12H2,1-7H3,(H,21,24). The lowest BCUT2D eigenvalue weighted by molar-refractivity contribution is -0.148. The van der Waals surface area contributed by atoms with Crippen molar-refractivity contribution in [2.75, 3.05) is 18.6 Å². The summed E-state index contributed by atoms with van der Waals surface area (Å²) in [7, 11) is 0. The maximum Gasteiger partial charge on any atom is 0.306 e. The van der Waals surface area contributed by atoms with E-state index in [0.717, 1.165) is 5.75 Å². The molecule has 0 saturated heterocycles. The van der Waals surface area contributed by atoms with E-state index in [1.165, 1.54) is 0 Å². The first kappa shape index (κ1) is 25.0. The van der Waals surface area contributed by atoms with Gasteiger partial charge in [-0.3, -0.25) is 14.4 Å². The van der Waals surface area contributed by atoms with Crippen molar-refractivity contribution in [2.45, 2.75) is 66.8 Å². The Morgan fingerprint density at radius 3 is 2.08 bits per heavy atom. The zero-order chi connectivity index (χ0) is 20.3. The third-order valence-electron chi connectivity index (χ3n) is 3.97. The van der Waals surface area contributed by atoms with E-state index in [0.29, 0.717) is 25.4 Å². The summed E-state index contributed by atoms with van der Waals surface area (Å²) in [5, 5.41) is 2.90. The third kappa shape index (κ3) is 10.8. The van der Waals surface area contributed by atoms with Crippen molar-refractivity contribution in [3.63, 3.8) is 0 Å². The highest BCUT2D eigenvalue weighted by molar-refractivity contribution is 7.98. The Balaban J connectivity index is 5.00. The van der Waals surface area contributed by atoms with Crippen LogP contribution in [0.1, 0.15) is 60.8 Å². The Bertz CT molecular complexity index is 449. The summed E-state index contributed by atoms with van der Waals surface area (Å²) < 4.78 is 5.23. The molecule has 0 bridgehead atoms. The van der Waals surface area contributed by atoms with Crippen LogP contribution in [0.15, 0.2) is 0 Å². The monoisotopic (exact) mass is 387 g/mol. The lowest BCUT2D eigenvalue weighted by Gasteiger charge is -2.24. The normalized spacial score (nSPS) is 13.8. The molecule has 26 heavy (non-hydrogen) atoms. The minimum absolute atomic E-state index is 0.0399. The molecule has 0 fully saturated rings. The van der Waals surface area contributed by atoms with Crippen LogP contribution in [0.5, 0.6) is 0 Å². The van der Waals surface area contributed by atoms with Gasteiger partial charge >= 0.3 is 5.97 Å². The van der Waals surface area contributed by atoms with Crippen LogP contribution in [0.25, 0.3) is 0 Å². The largest absolute Gasteiger partial charge is 0.465 e. The summed E-state index contributed by atoms with van der Waals surface area (Å²) in [5.74, 6) is 0.202. The first-order valence-electron chi connectivity index (χ1n) is 9.57. The van der Waals surface area contributed by atoms with Crippen molar-refractivity contribution in [3.05, 3.63) is 0 Å². The molecular weight excluding hydrogens is 350 g/mol. The van der Waals surface area contributed by atoms with Crippen LogP contribution in [0.3, 0.4) is 0 Å². The highest BCUT2D eigenvalue weighted by atomic mass is 32.2. The molecule has 0 rings (SSSR count). The quantitative estimate of drug-likeness (QED) is 0.488. The van der Waals surface area contributed by atoms with Crippen LogP contribution in [-0.4, -0.2) is 42.3 Å². The second kappa shape index (κ2) is 13.2. The van der Waals surface area contributed by atoms with E-state index >= 15 is 0 Å². The topological polar surface area (TPSA) is 72.5 Å². The molecule has 0 spiro atoms. The van der Waals surface area contributed by atoms with Gasteiger partial charge in [-0.1, -0.05) is 41.5 Å². The fourth-order valence-electron chi connectivity index (χ4n) is 2.52. The molecule has 152 valence electrons. The number of amides is 1. The number of rotatable bonds is 13. The van der Waals surface area contributed by atoms with E-state index in [-0.39, 0.29) is 35.9 Å². The molecule has 0 radical (unpaired) electrons. The van der Waals surface area contributed by atoms with Gasteiger partial charge in [-0.2, -0.15) is 11.8 Å². The van der Waals surface area contributed by atoms with Crippen molar-refractivity contribution >= 4 is 29.4 Å². The molecule has 2 unspecified atom stereocenters. The molecule has 0 aromatic carbocycles.